The number of anilines is 1. The van der Waals surface area contributed by atoms with Crippen molar-refractivity contribution in [3.8, 4) is 0 Å². The summed E-state index contributed by atoms with van der Waals surface area (Å²) >= 11 is 5.90. The van der Waals surface area contributed by atoms with Crippen LogP contribution in [0.5, 0.6) is 0 Å². The lowest BCUT2D eigenvalue weighted by molar-refractivity contribution is 0.0724. The number of nitrogens with two attached hydrogens (primary N) is 1. The summed E-state index contributed by atoms with van der Waals surface area (Å²) in [6.45, 7) is 1.36. The molecule has 1 atom stereocenters. The van der Waals surface area contributed by atoms with Gasteiger partial charge >= 0.3 is 0 Å². The van der Waals surface area contributed by atoms with Crippen LogP contribution in [0.15, 0.2) is 18.2 Å². The number of hydrogen-bond acceptors (Lipinski definition) is 3. The Kier molecular flexibility index (Phi) is 3.54. The van der Waals surface area contributed by atoms with Crippen molar-refractivity contribution in [2.75, 3.05) is 25.9 Å². The van der Waals surface area contributed by atoms with Crippen LogP contribution in [0.4, 0.5) is 5.69 Å². The van der Waals surface area contributed by atoms with Gasteiger partial charge in [-0.1, -0.05) is 11.6 Å². The molecule has 0 spiro atoms. The minimum atomic E-state index is -0.0218. The molecule has 0 radical (unpaired) electrons. The molecule has 17 heavy (non-hydrogen) atoms. The standard InChI is InChI=1S/C12H15ClN2O2/c1-17-9-4-5-15(7-9)12(16)8-2-3-11(14)10(13)6-8/h2-3,6,9H,4-5,7,14H2,1H3. The van der Waals surface area contributed by atoms with Crippen molar-refractivity contribution < 1.29 is 9.53 Å². The van der Waals surface area contributed by atoms with Crippen molar-refractivity contribution in [1.29, 1.82) is 0 Å². The van der Waals surface area contributed by atoms with Gasteiger partial charge in [0.15, 0.2) is 0 Å². The number of ether oxygens (including phenoxy) is 1. The van der Waals surface area contributed by atoms with Gasteiger partial charge in [0.05, 0.1) is 16.8 Å². The Balaban J connectivity index is 2.12. The van der Waals surface area contributed by atoms with Crippen molar-refractivity contribution in [2.45, 2.75) is 12.5 Å². The molecule has 0 bridgehead atoms. The topological polar surface area (TPSA) is 55.6 Å². The second-order valence-corrected chi connectivity index (χ2v) is 4.54. The summed E-state index contributed by atoms with van der Waals surface area (Å²) in [7, 11) is 1.67. The van der Waals surface area contributed by atoms with Crippen LogP contribution in [0.2, 0.25) is 5.02 Å². The number of rotatable bonds is 2. The van der Waals surface area contributed by atoms with Gasteiger partial charge < -0.3 is 15.4 Å². The predicted octanol–water partition coefficient (Wildman–Crippen LogP) is 1.78. The maximum atomic E-state index is 12.1. The molecule has 0 saturated carbocycles. The quantitative estimate of drug-likeness (QED) is 0.819. The van der Waals surface area contributed by atoms with E-state index >= 15 is 0 Å². The van der Waals surface area contributed by atoms with Crippen molar-refractivity contribution in [3.63, 3.8) is 0 Å². The van der Waals surface area contributed by atoms with Gasteiger partial charge in [-0.2, -0.15) is 0 Å². The van der Waals surface area contributed by atoms with E-state index < -0.39 is 0 Å². The Morgan fingerprint density at radius 2 is 2.35 bits per heavy atom. The molecule has 1 unspecified atom stereocenters. The highest BCUT2D eigenvalue weighted by molar-refractivity contribution is 6.33. The molecule has 1 aromatic rings. The number of benzene rings is 1. The molecule has 4 nitrogen and oxygen atoms in total. The minimum Gasteiger partial charge on any atom is -0.398 e. The van der Waals surface area contributed by atoms with E-state index in [9.17, 15) is 4.79 Å². The average Bonchev–Trinajstić information content (AvgIpc) is 2.80. The summed E-state index contributed by atoms with van der Waals surface area (Å²) in [4.78, 5) is 13.9. The Morgan fingerprint density at radius 1 is 1.59 bits per heavy atom. The minimum absolute atomic E-state index is 0.0218. The Hall–Kier alpha value is -1.26. The highest BCUT2D eigenvalue weighted by Gasteiger charge is 2.26. The molecular weight excluding hydrogens is 240 g/mol. The summed E-state index contributed by atoms with van der Waals surface area (Å²) in [5.41, 5.74) is 6.66. The number of amides is 1. The molecule has 0 aliphatic carbocycles. The second kappa shape index (κ2) is 4.94. The van der Waals surface area contributed by atoms with E-state index in [1.807, 2.05) is 0 Å². The van der Waals surface area contributed by atoms with Crippen LogP contribution in [-0.2, 0) is 4.74 Å². The largest absolute Gasteiger partial charge is 0.398 e. The van der Waals surface area contributed by atoms with E-state index in [4.69, 9.17) is 22.1 Å². The van der Waals surface area contributed by atoms with E-state index in [0.29, 0.717) is 22.8 Å². The normalized spacial score (nSPS) is 19.6. The Bertz CT molecular complexity index is 437. The number of carbonyl (C=O) groups is 1. The van der Waals surface area contributed by atoms with E-state index in [-0.39, 0.29) is 12.0 Å². The molecular formula is C12H15ClN2O2. The van der Waals surface area contributed by atoms with Crippen LogP contribution in [0.3, 0.4) is 0 Å². The van der Waals surface area contributed by atoms with E-state index in [1.165, 1.54) is 0 Å². The molecule has 1 aromatic carbocycles. The molecule has 1 aliphatic rings. The monoisotopic (exact) mass is 254 g/mol. The van der Waals surface area contributed by atoms with Gasteiger partial charge in [0.25, 0.3) is 5.91 Å². The Morgan fingerprint density at radius 3 is 2.94 bits per heavy atom. The first-order valence-electron chi connectivity index (χ1n) is 5.49. The summed E-state index contributed by atoms with van der Waals surface area (Å²) in [5, 5.41) is 0.415. The second-order valence-electron chi connectivity index (χ2n) is 4.13. The maximum Gasteiger partial charge on any atom is 0.253 e. The fourth-order valence-electron chi connectivity index (χ4n) is 1.95. The highest BCUT2D eigenvalue weighted by atomic mass is 35.5. The lowest BCUT2D eigenvalue weighted by Crippen LogP contribution is -2.29. The summed E-state index contributed by atoms with van der Waals surface area (Å²) in [6.07, 6.45) is 1.02. The number of nitrogen functional groups attached to an aromatic ring is 1. The summed E-state index contributed by atoms with van der Waals surface area (Å²) < 4.78 is 5.23. The van der Waals surface area contributed by atoms with E-state index in [0.717, 1.165) is 13.0 Å². The fraction of sp³-hybridized carbons (Fsp3) is 0.417. The number of methoxy groups -OCH3 is 1. The SMILES string of the molecule is COC1CCN(C(=O)c2ccc(N)c(Cl)c2)C1. The lowest BCUT2D eigenvalue weighted by atomic mass is 10.2. The van der Waals surface area contributed by atoms with Gasteiger partial charge in [-0.15, -0.1) is 0 Å². The smallest absolute Gasteiger partial charge is 0.253 e. The first-order valence-corrected chi connectivity index (χ1v) is 5.86. The van der Waals surface area contributed by atoms with Crippen molar-refractivity contribution in [3.05, 3.63) is 28.8 Å². The van der Waals surface area contributed by atoms with Crippen LogP contribution in [0, 0.1) is 0 Å². The third kappa shape index (κ3) is 2.53. The molecule has 2 rings (SSSR count). The Labute approximate surface area is 105 Å². The van der Waals surface area contributed by atoms with Crippen LogP contribution >= 0.6 is 11.6 Å². The number of likely N-dealkylation sites (tertiary alicyclic amines) is 1. The molecule has 5 heteroatoms. The molecule has 1 amide bonds. The molecule has 1 fully saturated rings. The first-order chi connectivity index (χ1) is 8.11. The van der Waals surface area contributed by atoms with Gasteiger partial charge in [0.2, 0.25) is 0 Å². The van der Waals surface area contributed by atoms with Gasteiger partial charge in [-0.05, 0) is 24.6 Å². The number of nitrogens with zero attached hydrogens (tertiary/aromatic N) is 1. The molecule has 1 saturated heterocycles. The summed E-state index contributed by atoms with van der Waals surface area (Å²) in [5.74, 6) is -0.0218. The van der Waals surface area contributed by atoms with Crippen molar-refractivity contribution in [2.24, 2.45) is 0 Å². The van der Waals surface area contributed by atoms with E-state index in [1.54, 1.807) is 30.2 Å². The first kappa shape index (κ1) is 12.2. The fourth-order valence-corrected chi connectivity index (χ4v) is 2.13. The van der Waals surface area contributed by atoms with Gasteiger partial charge in [-0.25, -0.2) is 0 Å². The summed E-state index contributed by atoms with van der Waals surface area (Å²) in [6, 6.07) is 4.96. The zero-order valence-electron chi connectivity index (χ0n) is 9.65. The van der Waals surface area contributed by atoms with Gasteiger partial charge in [0.1, 0.15) is 0 Å². The van der Waals surface area contributed by atoms with Crippen LogP contribution in [0.1, 0.15) is 16.8 Å². The van der Waals surface area contributed by atoms with E-state index in [2.05, 4.69) is 0 Å². The molecule has 2 N–H and O–H groups in total. The third-order valence-corrected chi connectivity index (χ3v) is 3.34. The number of hydrogen-bond donors (Lipinski definition) is 1. The van der Waals surface area contributed by atoms with Crippen molar-refractivity contribution >= 4 is 23.2 Å². The number of carbonyl (C=O) groups excluding carboxylic acids is 1. The highest BCUT2D eigenvalue weighted by Crippen LogP contribution is 2.22. The van der Waals surface area contributed by atoms with Gasteiger partial charge in [0, 0.05) is 25.8 Å². The predicted molar refractivity (Wildman–Crippen MR) is 67.2 cm³/mol. The zero-order chi connectivity index (χ0) is 12.4. The molecule has 92 valence electrons. The number of halogens is 1. The lowest BCUT2D eigenvalue weighted by Gasteiger charge is -2.16. The maximum absolute atomic E-state index is 12.1. The third-order valence-electron chi connectivity index (χ3n) is 3.01. The van der Waals surface area contributed by atoms with Crippen LogP contribution < -0.4 is 5.73 Å². The molecule has 0 aromatic heterocycles. The molecule has 1 aliphatic heterocycles. The van der Waals surface area contributed by atoms with Crippen molar-refractivity contribution in [1.82, 2.24) is 4.90 Å². The average molecular weight is 255 g/mol. The zero-order valence-corrected chi connectivity index (χ0v) is 10.4. The van der Waals surface area contributed by atoms with Gasteiger partial charge in [-0.3, -0.25) is 4.79 Å². The molecule has 1 heterocycles. The van der Waals surface area contributed by atoms with Crippen LogP contribution in [0.25, 0.3) is 0 Å². The van der Waals surface area contributed by atoms with Crippen LogP contribution in [-0.4, -0.2) is 37.1 Å².